The fourth-order valence-corrected chi connectivity index (χ4v) is 5.71. The van der Waals surface area contributed by atoms with Crippen molar-refractivity contribution in [1.29, 1.82) is 0 Å². The molecule has 0 atom stereocenters. The van der Waals surface area contributed by atoms with Crippen molar-refractivity contribution in [1.82, 2.24) is 24.4 Å². The number of anilines is 2. The van der Waals surface area contributed by atoms with Crippen LogP contribution >= 0.6 is 11.6 Å². The standard InChI is InChI=1S/C28H28ClN7O3/c1-17(2)33-25-23-19(18-6-3-4-8-21(18)29)14-36(26(23)32-16-31-25)15-22(37)35-12-9-28(10-13-35)20-7-5-11-30-24(20)34-27(38)39-28/h3-8,11,14,16-17H,9-10,12-13,15H2,1-2H3,(H,30,34,38)(H,31,32,33). The molecule has 5 heterocycles. The van der Waals surface area contributed by atoms with Gasteiger partial charge in [-0.25, -0.2) is 19.7 Å². The lowest BCUT2D eigenvalue weighted by Crippen LogP contribution is -2.50. The highest BCUT2D eigenvalue weighted by atomic mass is 35.5. The molecule has 1 saturated heterocycles. The van der Waals surface area contributed by atoms with Crippen molar-refractivity contribution in [2.45, 2.75) is 44.9 Å². The number of amides is 2. The molecule has 2 aliphatic heterocycles. The number of rotatable bonds is 5. The third kappa shape index (κ3) is 4.54. The third-order valence-electron chi connectivity index (χ3n) is 7.28. The first-order chi connectivity index (χ1) is 18.8. The summed E-state index contributed by atoms with van der Waals surface area (Å²) in [6, 6.07) is 11.5. The molecule has 39 heavy (non-hydrogen) atoms. The lowest BCUT2D eigenvalue weighted by Gasteiger charge is -2.43. The Bertz CT molecular complexity index is 1580. The SMILES string of the molecule is CC(C)Nc1ncnc2c1c(-c1ccccc1Cl)cn2CC(=O)N1CCC2(CC1)OC(=O)Nc1ncccc12. The van der Waals surface area contributed by atoms with Crippen LogP contribution in [0.15, 0.2) is 55.1 Å². The van der Waals surface area contributed by atoms with Crippen LogP contribution in [-0.2, 0) is 21.7 Å². The monoisotopic (exact) mass is 545 g/mol. The highest BCUT2D eigenvalue weighted by Crippen LogP contribution is 2.43. The molecule has 3 aromatic heterocycles. The number of pyridine rings is 1. The summed E-state index contributed by atoms with van der Waals surface area (Å²) in [6.45, 7) is 5.09. The average molecular weight is 546 g/mol. The van der Waals surface area contributed by atoms with Crippen LogP contribution in [0.1, 0.15) is 32.3 Å². The van der Waals surface area contributed by atoms with Crippen molar-refractivity contribution < 1.29 is 14.3 Å². The first-order valence-electron chi connectivity index (χ1n) is 12.9. The van der Waals surface area contributed by atoms with Crippen LogP contribution in [0.25, 0.3) is 22.2 Å². The second-order valence-corrected chi connectivity index (χ2v) is 10.6. The van der Waals surface area contributed by atoms with Crippen molar-refractivity contribution >= 4 is 46.3 Å². The maximum Gasteiger partial charge on any atom is 0.413 e. The summed E-state index contributed by atoms with van der Waals surface area (Å²) in [5.74, 6) is 1.16. The summed E-state index contributed by atoms with van der Waals surface area (Å²) in [4.78, 5) is 40.9. The number of carbonyl (C=O) groups excluding carboxylic acids is 2. The van der Waals surface area contributed by atoms with Crippen molar-refractivity contribution in [2.75, 3.05) is 23.7 Å². The first-order valence-corrected chi connectivity index (χ1v) is 13.3. The summed E-state index contributed by atoms with van der Waals surface area (Å²) in [7, 11) is 0. The van der Waals surface area contributed by atoms with Gasteiger partial charge in [0.1, 0.15) is 35.8 Å². The van der Waals surface area contributed by atoms with E-state index in [1.807, 2.05) is 65.9 Å². The van der Waals surface area contributed by atoms with E-state index in [1.165, 1.54) is 6.33 Å². The highest BCUT2D eigenvalue weighted by molar-refractivity contribution is 6.33. The molecule has 1 spiro atoms. The summed E-state index contributed by atoms with van der Waals surface area (Å²) >= 11 is 6.58. The van der Waals surface area contributed by atoms with Gasteiger partial charge in [-0.1, -0.05) is 29.8 Å². The van der Waals surface area contributed by atoms with Gasteiger partial charge in [-0.15, -0.1) is 0 Å². The minimum atomic E-state index is -0.787. The number of piperidine rings is 1. The predicted molar refractivity (Wildman–Crippen MR) is 149 cm³/mol. The van der Waals surface area contributed by atoms with Gasteiger partial charge in [0, 0.05) is 66.1 Å². The second kappa shape index (κ2) is 9.85. The number of aromatic nitrogens is 4. The lowest BCUT2D eigenvalue weighted by molar-refractivity contribution is -0.136. The Morgan fingerprint density at radius 1 is 1.13 bits per heavy atom. The number of carbonyl (C=O) groups is 2. The molecule has 0 saturated carbocycles. The largest absolute Gasteiger partial charge is 0.437 e. The number of halogens is 1. The van der Waals surface area contributed by atoms with Crippen LogP contribution in [0, 0.1) is 0 Å². The fourth-order valence-electron chi connectivity index (χ4n) is 5.47. The van der Waals surface area contributed by atoms with Gasteiger partial charge in [0.25, 0.3) is 0 Å². The number of hydrogen-bond donors (Lipinski definition) is 2. The van der Waals surface area contributed by atoms with Gasteiger partial charge in [-0.2, -0.15) is 0 Å². The van der Waals surface area contributed by atoms with Crippen LogP contribution in [0.5, 0.6) is 0 Å². The molecule has 4 aromatic rings. The van der Waals surface area contributed by atoms with E-state index < -0.39 is 11.7 Å². The molecule has 0 unspecified atom stereocenters. The van der Waals surface area contributed by atoms with Crippen LogP contribution in [-0.4, -0.2) is 55.6 Å². The summed E-state index contributed by atoms with van der Waals surface area (Å²) in [6.07, 6.45) is 5.54. The minimum absolute atomic E-state index is 0.0453. The van der Waals surface area contributed by atoms with E-state index in [-0.39, 0.29) is 18.5 Å². The topological polar surface area (TPSA) is 114 Å². The van der Waals surface area contributed by atoms with Crippen LogP contribution in [0.3, 0.4) is 0 Å². The Morgan fingerprint density at radius 3 is 2.69 bits per heavy atom. The van der Waals surface area contributed by atoms with Gasteiger partial charge in [0.2, 0.25) is 5.91 Å². The van der Waals surface area contributed by atoms with Gasteiger partial charge >= 0.3 is 6.09 Å². The average Bonchev–Trinajstić information content (AvgIpc) is 3.28. The van der Waals surface area contributed by atoms with E-state index >= 15 is 0 Å². The molecular weight excluding hydrogens is 518 g/mol. The van der Waals surface area contributed by atoms with Crippen LogP contribution < -0.4 is 10.6 Å². The molecule has 11 heteroatoms. The van der Waals surface area contributed by atoms with Gasteiger partial charge < -0.3 is 19.5 Å². The quantitative estimate of drug-likeness (QED) is 0.361. The molecule has 0 radical (unpaired) electrons. The van der Waals surface area contributed by atoms with Crippen molar-refractivity contribution in [3.63, 3.8) is 0 Å². The highest BCUT2D eigenvalue weighted by Gasteiger charge is 2.45. The summed E-state index contributed by atoms with van der Waals surface area (Å²) < 4.78 is 7.64. The molecule has 6 rings (SSSR count). The van der Waals surface area contributed by atoms with Gasteiger partial charge in [-0.05, 0) is 32.0 Å². The molecule has 1 fully saturated rings. The fraction of sp³-hybridized carbons (Fsp3) is 0.321. The van der Waals surface area contributed by atoms with Gasteiger partial charge in [-0.3, -0.25) is 10.1 Å². The minimum Gasteiger partial charge on any atom is -0.437 e. The molecular formula is C28H28ClN7O3. The number of benzene rings is 1. The molecule has 0 bridgehead atoms. The molecule has 0 aliphatic carbocycles. The maximum absolute atomic E-state index is 13.6. The Kier molecular flexibility index (Phi) is 6.34. The van der Waals surface area contributed by atoms with E-state index in [2.05, 4.69) is 25.6 Å². The molecule has 200 valence electrons. The van der Waals surface area contributed by atoms with Crippen LogP contribution in [0.2, 0.25) is 5.02 Å². The zero-order valence-electron chi connectivity index (χ0n) is 21.6. The van der Waals surface area contributed by atoms with E-state index in [9.17, 15) is 9.59 Å². The van der Waals surface area contributed by atoms with Crippen molar-refractivity contribution in [3.8, 4) is 11.1 Å². The maximum atomic E-state index is 13.6. The van der Waals surface area contributed by atoms with E-state index in [4.69, 9.17) is 16.3 Å². The van der Waals surface area contributed by atoms with E-state index in [0.717, 1.165) is 22.1 Å². The molecule has 2 amide bonds. The molecule has 2 N–H and O–H groups in total. The van der Waals surface area contributed by atoms with Gasteiger partial charge in [0.05, 0.1) is 5.39 Å². The number of fused-ring (bicyclic) bond motifs is 3. The van der Waals surface area contributed by atoms with Crippen molar-refractivity contribution in [2.24, 2.45) is 0 Å². The van der Waals surface area contributed by atoms with Gasteiger partial charge in [0.15, 0.2) is 0 Å². The normalized spacial score (nSPS) is 16.2. The smallest absolute Gasteiger partial charge is 0.413 e. The second-order valence-electron chi connectivity index (χ2n) is 10.2. The number of ether oxygens (including phenoxy) is 1. The molecule has 1 aromatic carbocycles. The van der Waals surface area contributed by atoms with Crippen LogP contribution in [0.4, 0.5) is 16.4 Å². The summed E-state index contributed by atoms with van der Waals surface area (Å²) in [5.41, 5.74) is 2.41. The number of nitrogens with zero attached hydrogens (tertiary/aromatic N) is 5. The lowest BCUT2D eigenvalue weighted by atomic mass is 9.83. The number of hydrogen-bond acceptors (Lipinski definition) is 7. The number of likely N-dealkylation sites (tertiary alicyclic amines) is 1. The zero-order chi connectivity index (χ0) is 27.1. The predicted octanol–water partition coefficient (Wildman–Crippen LogP) is 5.05. The Labute approximate surface area is 230 Å². The molecule has 10 nitrogen and oxygen atoms in total. The third-order valence-corrected chi connectivity index (χ3v) is 7.61. The summed E-state index contributed by atoms with van der Waals surface area (Å²) in [5, 5.41) is 7.49. The van der Waals surface area contributed by atoms with E-state index in [1.54, 1.807) is 6.20 Å². The van der Waals surface area contributed by atoms with E-state index in [0.29, 0.717) is 48.2 Å². The Hall–Kier alpha value is -4.18. The first kappa shape index (κ1) is 25.1. The Balaban J connectivity index is 1.29. The Morgan fingerprint density at radius 2 is 1.92 bits per heavy atom. The molecule has 2 aliphatic rings. The number of nitrogens with one attached hydrogen (secondary N) is 2. The van der Waals surface area contributed by atoms with Crippen molar-refractivity contribution in [3.05, 3.63) is 65.7 Å². The zero-order valence-corrected chi connectivity index (χ0v) is 22.4.